The zero-order valence-electron chi connectivity index (χ0n) is 10.5. The highest BCUT2D eigenvalue weighted by Gasteiger charge is 2.26. The highest BCUT2D eigenvalue weighted by Crippen LogP contribution is 2.33. The standard InChI is InChI=1S/C13H18N2O3/c1-10-5-6-12(15(17)18)9-13(10)14(7-8-16)11-3-2-4-11/h5-6,9,11,16H,2-4,7-8H2,1H3. The fourth-order valence-electron chi connectivity index (χ4n) is 2.33. The summed E-state index contributed by atoms with van der Waals surface area (Å²) in [6.45, 7) is 2.55. The van der Waals surface area contributed by atoms with E-state index in [1.54, 1.807) is 12.1 Å². The van der Waals surface area contributed by atoms with E-state index >= 15 is 0 Å². The second kappa shape index (κ2) is 5.35. The molecule has 0 bridgehead atoms. The topological polar surface area (TPSA) is 66.6 Å². The largest absolute Gasteiger partial charge is 0.395 e. The Morgan fingerprint density at radius 3 is 2.72 bits per heavy atom. The summed E-state index contributed by atoms with van der Waals surface area (Å²) >= 11 is 0. The third-order valence-corrected chi connectivity index (χ3v) is 3.57. The molecule has 1 aromatic carbocycles. The predicted molar refractivity (Wildman–Crippen MR) is 69.9 cm³/mol. The van der Waals surface area contributed by atoms with E-state index in [-0.39, 0.29) is 17.2 Å². The summed E-state index contributed by atoms with van der Waals surface area (Å²) in [5.74, 6) is 0. The van der Waals surface area contributed by atoms with E-state index in [4.69, 9.17) is 5.11 Å². The monoisotopic (exact) mass is 250 g/mol. The van der Waals surface area contributed by atoms with Gasteiger partial charge in [0.1, 0.15) is 0 Å². The number of nitro groups is 1. The van der Waals surface area contributed by atoms with Crippen LogP contribution in [0, 0.1) is 17.0 Å². The van der Waals surface area contributed by atoms with Gasteiger partial charge >= 0.3 is 0 Å². The van der Waals surface area contributed by atoms with Gasteiger partial charge in [0, 0.05) is 30.4 Å². The molecule has 0 radical (unpaired) electrons. The number of aliphatic hydroxyl groups excluding tert-OH is 1. The van der Waals surface area contributed by atoms with Crippen LogP contribution in [0.2, 0.25) is 0 Å². The number of anilines is 1. The molecule has 0 unspecified atom stereocenters. The van der Waals surface area contributed by atoms with Crippen molar-refractivity contribution in [1.29, 1.82) is 0 Å². The molecule has 1 aliphatic carbocycles. The summed E-state index contributed by atoms with van der Waals surface area (Å²) in [5, 5.41) is 20.0. The molecule has 0 aliphatic heterocycles. The number of hydrogen-bond donors (Lipinski definition) is 1. The number of nitro benzene ring substituents is 1. The molecule has 1 aromatic rings. The van der Waals surface area contributed by atoms with Crippen LogP contribution < -0.4 is 4.90 Å². The fourth-order valence-corrected chi connectivity index (χ4v) is 2.33. The molecule has 1 N–H and O–H groups in total. The summed E-state index contributed by atoms with van der Waals surface area (Å²) in [6.07, 6.45) is 3.39. The zero-order valence-corrected chi connectivity index (χ0v) is 10.5. The van der Waals surface area contributed by atoms with Gasteiger partial charge in [-0.25, -0.2) is 0 Å². The number of benzene rings is 1. The molecule has 5 nitrogen and oxygen atoms in total. The van der Waals surface area contributed by atoms with E-state index in [2.05, 4.69) is 4.90 Å². The maximum Gasteiger partial charge on any atom is 0.271 e. The SMILES string of the molecule is Cc1ccc([N+](=O)[O-])cc1N(CCO)C1CCC1. The van der Waals surface area contributed by atoms with Gasteiger partial charge in [0.2, 0.25) is 0 Å². The minimum Gasteiger partial charge on any atom is -0.395 e. The summed E-state index contributed by atoms with van der Waals surface area (Å²) in [7, 11) is 0. The maximum atomic E-state index is 10.8. The van der Waals surface area contributed by atoms with Crippen LogP contribution in [0.5, 0.6) is 0 Å². The normalized spacial score (nSPS) is 15.2. The fraction of sp³-hybridized carbons (Fsp3) is 0.538. The second-order valence-corrected chi connectivity index (χ2v) is 4.73. The van der Waals surface area contributed by atoms with E-state index in [0.717, 1.165) is 24.1 Å². The van der Waals surface area contributed by atoms with E-state index in [0.29, 0.717) is 12.6 Å². The first-order chi connectivity index (χ1) is 8.63. The average molecular weight is 250 g/mol. The molecule has 5 heteroatoms. The molecule has 0 saturated heterocycles. The Labute approximate surface area is 106 Å². The Morgan fingerprint density at radius 1 is 1.50 bits per heavy atom. The Morgan fingerprint density at radius 2 is 2.22 bits per heavy atom. The summed E-state index contributed by atoms with van der Waals surface area (Å²) in [6, 6.07) is 5.33. The zero-order chi connectivity index (χ0) is 13.1. The van der Waals surface area contributed by atoms with Gasteiger partial charge in [-0.05, 0) is 31.7 Å². The number of rotatable bonds is 5. The van der Waals surface area contributed by atoms with Crippen LogP contribution in [0.25, 0.3) is 0 Å². The average Bonchev–Trinajstić information content (AvgIpc) is 2.26. The molecule has 2 rings (SSSR count). The first-order valence-electron chi connectivity index (χ1n) is 6.26. The smallest absolute Gasteiger partial charge is 0.271 e. The molecule has 1 aliphatic rings. The molecule has 0 aromatic heterocycles. The van der Waals surface area contributed by atoms with Crippen molar-refractivity contribution < 1.29 is 10.0 Å². The van der Waals surface area contributed by atoms with Gasteiger partial charge in [0.15, 0.2) is 0 Å². The highest BCUT2D eigenvalue weighted by molar-refractivity contribution is 5.59. The van der Waals surface area contributed by atoms with Crippen LogP contribution in [-0.4, -0.2) is 29.2 Å². The first kappa shape index (κ1) is 12.8. The molecule has 0 heterocycles. The van der Waals surface area contributed by atoms with E-state index < -0.39 is 0 Å². The molecule has 0 amide bonds. The van der Waals surface area contributed by atoms with Crippen LogP contribution in [0.15, 0.2) is 18.2 Å². The molecular weight excluding hydrogens is 232 g/mol. The minimum atomic E-state index is -0.374. The van der Waals surface area contributed by atoms with Gasteiger partial charge < -0.3 is 10.0 Å². The van der Waals surface area contributed by atoms with Crippen molar-refractivity contribution in [2.45, 2.75) is 32.2 Å². The van der Waals surface area contributed by atoms with Crippen molar-refractivity contribution in [2.75, 3.05) is 18.1 Å². The van der Waals surface area contributed by atoms with Crippen molar-refractivity contribution in [1.82, 2.24) is 0 Å². The van der Waals surface area contributed by atoms with Crippen molar-refractivity contribution in [3.8, 4) is 0 Å². The minimum absolute atomic E-state index is 0.0681. The van der Waals surface area contributed by atoms with Crippen molar-refractivity contribution in [3.05, 3.63) is 33.9 Å². The van der Waals surface area contributed by atoms with Crippen LogP contribution in [0.3, 0.4) is 0 Å². The molecule has 0 atom stereocenters. The second-order valence-electron chi connectivity index (χ2n) is 4.73. The van der Waals surface area contributed by atoms with Crippen molar-refractivity contribution in [2.24, 2.45) is 0 Å². The quantitative estimate of drug-likeness (QED) is 0.643. The first-order valence-corrected chi connectivity index (χ1v) is 6.26. The van der Waals surface area contributed by atoms with Crippen LogP contribution in [-0.2, 0) is 0 Å². The third-order valence-electron chi connectivity index (χ3n) is 3.57. The predicted octanol–water partition coefficient (Wildman–Crippen LogP) is 2.25. The van der Waals surface area contributed by atoms with Gasteiger partial charge in [-0.2, -0.15) is 0 Å². The van der Waals surface area contributed by atoms with Gasteiger partial charge in [0.25, 0.3) is 5.69 Å². The Bertz CT molecular complexity index is 444. The maximum absolute atomic E-state index is 10.8. The molecule has 18 heavy (non-hydrogen) atoms. The summed E-state index contributed by atoms with van der Waals surface area (Å²) < 4.78 is 0. The van der Waals surface area contributed by atoms with E-state index in [1.807, 2.05) is 6.92 Å². The van der Waals surface area contributed by atoms with Gasteiger partial charge in [-0.1, -0.05) is 6.07 Å². The van der Waals surface area contributed by atoms with Crippen molar-refractivity contribution in [3.63, 3.8) is 0 Å². The lowest BCUT2D eigenvalue weighted by Gasteiger charge is -2.39. The van der Waals surface area contributed by atoms with Crippen LogP contribution in [0.4, 0.5) is 11.4 Å². The number of aliphatic hydroxyl groups is 1. The molecule has 1 fully saturated rings. The highest BCUT2D eigenvalue weighted by atomic mass is 16.6. The van der Waals surface area contributed by atoms with Crippen LogP contribution in [0.1, 0.15) is 24.8 Å². The van der Waals surface area contributed by atoms with Gasteiger partial charge in [-0.15, -0.1) is 0 Å². The lowest BCUT2D eigenvalue weighted by Crippen LogP contribution is -2.42. The Kier molecular flexibility index (Phi) is 3.81. The molecule has 1 saturated carbocycles. The number of non-ortho nitro benzene ring substituents is 1. The molecule has 98 valence electrons. The Balaban J connectivity index is 2.32. The van der Waals surface area contributed by atoms with E-state index in [9.17, 15) is 10.1 Å². The van der Waals surface area contributed by atoms with Crippen molar-refractivity contribution >= 4 is 11.4 Å². The third kappa shape index (κ3) is 2.46. The lowest BCUT2D eigenvalue weighted by atomic mass is 9.90. The number of aryl methyl sites for hydroxylation is 1. The van der Waals surface area contributed by atoms with E-state index in [1.165, 1.54) is 12.5 Å². The molecular formula is C13H18N2O3. The van der Waals surface area contributed by atoms with Gasteiger partial charge in [-0.3, -0.25) is 10.1 Å². The summed E-state index contributed by atoms with van der Waals surface area (Å²) in [5.41, 5.74) is 2.00. The number of nitrogens with zero attached hydrogens (tertiary/aromatic N) is 2. The number of hydrogen-bond acceptors (Lipinski definition) is 4. The summed E-state index contributed by atoms with van der Waals surface area (Å²) in [4.78, 5) is 12.6. The Hall–Kier alpha value is -1.62. The van der Waals surface area contributed by atoms with Gasteiger partial charge in [0.05, 0.1) is 11.5 Å². The lowest BCUT2D eigenvalue weighted by molar-refractivity contribution is -0.384. The molecule has 0 spiro atoms. The van der Waals surface area contributed by atoms with Crippen LogP contribution >= 0.6 is 0 Å².